The highest BCUT2D eigenvalue weighted by Gasteiger charge is 2.02. The Hall–Kier alpha value is -2.47. The molecule has 2 aromatic carbocycles. The smallest absolute Gasteiger partial charge is 0.123 e. The minimum Gasteiger partial charge on any atom is -0.493 e. The Morgan fingerprint density at radius 3 is 2.80 bits per heavy atom. The van der Waals surface area contributed by atoms with Gasteiger partial charge in [0.2, 0.25) is 0 Å². The zero-order chi connectivity index (χ0) is 14.4. The normalized spacial score (nSPS) is 10.0. The van der Waals surface area contributed by atoms with Crippen molar-refractivity contribution in [2.45, 2.75) is 19.8 Å². The highest BCUT2D eigenvalue weighted by molar-refractivity contribution is 5.42. The van der Waals surface area contributed by atoms with Gasteiger partial charge in [-0.05, 0) is 55.2 Å². The van der Waals surface area contributed by atoms with Gasteiger partial charge in [-0.1, -0.05) is 18.2 Å². The molecule has 0 saturated carbocycles. The van der Waals surface area contributed by atoms with Crippen LogP contribution in [0.1, 0.15) is 23.1 Å². The fourth-order valence-electron chi connectivity index (χ4n) is 2.03. The Morgan fingerprint density at radius 2 is 2.05 bits per heavy atom. The molecule has 0 bridgehead atoms. The lowest BCUT2D eigenvalue weighted by atomic mass is 10.1. The van der Waals surface area contributed by atoms with Crippen molar-refractivity contribution >= 4 is 5.69 Å². The Bertz CT molecular complexity index is 629. The van der Waals surface area contributed by atoms with Crippen LogP contribution in [0.4, 0.5) is 5.69 Å². The molecule has 0 fully saturated rings. The van der Waals surface area contributed by atoms with Crippen LogP contribution in [0.25, 0.3) is 0 Å². The van der Waals surface area contributed by atoms with Crippen LogP contribution in [0.2, 0.25) is 0 Å². The Kier molecular flexibility index (Phi) is 4.62. The maximum absolute atomic E-state index is 8.88. The zero-order valence-electron chi connectivity index (χ0n) is 11.6. The van der Waals surface area contributed by atoms with E-state index >= 15 is 0 Å². The van der Waals surface area contributed by atoms with Gasteiger partial charge >= 0.3 is 0 Å². The van der Waals surface area contributed by atoms with Crippen molar-refractivity contribution in [2.75, 3.05) is 12.3 Å². The average Bonchev–Trinajstić information content (AvgIpc) is 2.45. The summed E-state index contributed by atoms with van der Waals surface area (Å²) in [7, 11) is 0. The van der Waals surface area contributed by atoms with Gasteiger partial charge in [0.15, 0.2) is 0 Å². The van der Waals surface area contributed by atoms with Gasteiger partial charge in [0.1, 0.15) is 5.75 Å². The molecular weight excluding hydrogens is 248 g/mol. The van der Waals surface area contributed by atoms with Gasteiger partial charge in [0.05, 0.1) is 18.2 Å². The van der Waals surface area contributed by atoms with Crippen LogP contribution in [0.3, 0.4) is 0 Å². The number of ether oxygens (including phenoxy) is 1. The van der Waals surface area contributed by atoms with E-state index in [1.807, 2.05) is 31.2 Å². The first-order valence-electron chi connectivity index (χ1n) is 6.67. The second-order valence-electron chi connectivity index (χ2n) is 4.79. The van der Waals surface area contributed by atoms with Crippen molar-refractivity contribution in [1.82, 2.24) is 0 Å². The molecule has 0 amide bonds. The predicted molar refractivity (Wildman–Crippen MR) is 80.6 cm³/mol. The van der Waals surface area contributed by atoms with Gasteiger partial charge in [-0.2, -0.15) is 5.26 Å². The molecule has 20 heavy (non-hydrogen) atoms. The molecule has 2 N–H and O–H groups in total. The third-order valence-corrected chi connectivity index (χ3v) is 3.14. The Labute approximate surface area is 119 Å². The van der Waals surface area contributed by atoms with Gasteiger partial charge in [0.25, 0.3) is 0 Å². The lowest BCUT2D eigenvalue weighted by Gasteiger charge is -2.09. The molecule has 2 rings (SSSR count). The number of benzene rings is 2. The zero-order valence-corrected chi connectivity index (χ0v) is 11.6. The topological polar surface area (TPSA) is 59.0 Å². The molecule has 0 radical (unpaired) electrons. The van der Waals surface area contributed by atoms with Crippen LogP contribution in [0, 0.1) is 18.3 Å². The highest BCUT2D eigenvalue weighted by Crippen LogP contribution is 2.19. The van der Waals surface area contributed by atoms with E-state index in [-0.39, 0.29) is 0 Å². The number of aryl methyl sites for hydroxylation is 2. The van der Waals surface area contributed by atoms with E-state index in [1.165, 1.54) is 5.56 Å². The highest BCUT2D eigenvalue weighted by atomic mass is 16.5. The van der Waals surface area contributed by atoms with Crippen molar-refractivity contribution in [2.24, 2.45) is 0 Å². The first-order valence-corrected chi connectivity index (χ1v) is 6.67. The first kappa shape index (κ1) is 14.0. The molecule has 3 nitrogen and oxygen atoms in total. The van der Waals surface area contributed by atoms with Crippen LogP contribution in [0.15, 0.2) is 42.5 Å². The van der Waals surface area contributed by atoms with Crippen molar-refractivity contribution in [1.29, 1.82) is 5.26 Å². The molecule has 0 spiro atoms. The molecule has 0 aromatic heterocycles. The van der Waals surface area contributed by atoms with Crippen molar-refractivity contribution in [3.8, 4) is 11.8 Å². The minimum absolute atomic E-state index is 0.626. The van der Waals surface area contributed by atoms with Crippen molar-refractivity contribution < 1.29 is 4.74 Å². The fraction of sp³-hybridized carbons (Fsp3) is 0.235. The van der Waals surface area contributed by atoms with Gasteiger partial charge in [-0.15, -0.1) is 0 Å². The van der Waals surface area contributed by atoms with Crippen LogP contribution < -0.4 is 10.5 Å². The molecule has 0 unspecified atom stereocenters. The van der Waals surface area contributed by atoms with Crippen LogP contribution in [-0.4, -0.2) is 6.61 Å². The molecule has 0 saturated heterocycles. The summed E-state index contributed by atoms with van der Waals surface area (Å²) in [6.07, 6.45) is 1.85. The molecule has 0 heterocycles. The van der Waals surface area contributed by atoms with Crippen LogP contribution in [0.5, 0.6) is 5.75 Å². The molecule has 0 aliphatic heterocycles. The summed E-state index contributed by atoms with van der Waals surface area (Å²) < 4.78 is 5.75. The summed E-state index contributed by atoms with van der Waals surface area (Å²) in [5, 5.41) is 8.88. The quantitative estimate of drug-likeness (QED) is 0.666. The number of nitriles is 1. The van der Waals surface area contributed by atoms with E-state index in [1.54, 1.807) is 12.1 Å². The summed E-state index contributed by atoms with van der Waals surface area (Å²) in [6, 6.07) is 15.5. The number of rotatable bonds is 5. The predicted octanol–water partition coefficient (Wildman–Crippen LogP) is 3.46. The summed E-state index contributed by atoms with van der Waals surface area (Å²) in [4.78, 5) is 0. The standard InChI is InChI=1S/C17H18N2O/c1-13-7-8-15(12-18)11-17(13)20-9-3-5-14-4-2-6-16(19)10-14/h2,4,6-8,10-11H,3,5,9,19H2,1H3. The number of anilines is 1. The third-order valence-electron chi connectivity index (χ3n) is 3.14. The molecule has 0 aliphatic carbocycles. The number of nitrogens with two attached hydrogens (primary N) is 1. The van der Waals surface area contributed by atoms with Gasteiger partial charge in [-0.25, -0.2) is 0 Å². The number of hydrogen-bond donors (Lipinski definition) is 1. The Morgan fingerprint density at radius 1 is 1.20 bits per heavy atom. The fourth-order valence-corrected chi connectivity index (χ4v) is 2.03. The lowest BCUT2D eigenvalue weighted by molar-refractivity contribution is 0.309. The van der Waals surface area contributed by atoms with E-state index in [9.17, 15) is 0 Å². The van der Waals surface area contributed by atoms with Gasteiger partial charge in [-0.3, -0.25) is 0 Å². The maximum atomic E-state index is 8.88. The molecule has 0 aliphatic rings. The summed E-state index contributed by atoms with van der Waals surface area (Å²) >= 11 is 0. The molecule has 0 atom stereocenters. The number of hydrogen-bond acceptors (Lipinski definition) is 3. The van der Waals surface area contributed by atoms with Crippen molar-refractivity contribution in [3.63, 3.8) is 0 Å². The number of nitrogen functional groups attached to an aromatic ring is 1. The molecule has 2 aromatic rings. The summed E-state index contributed by atoms with van der Waals surface area (Å²) in [5.74, 6) is 0.789. The first-order chi connectivity index (χ1) is 9.69. The Balaban J connectivity index is 1.86. The van der Waals surface area contributed by atoms with Crippen LogP contribution >= 0.6 is 0 Å². The van der Waals surface area contributed by atoms with Crippen LogP contribution in [-0.2, 0) is 6.42 Å². The van der Waals surface area contributed by atoms with E-state index in [0.29, 0.717) is 12.2 Å². The van der Waals surface area contributed by atoms with E-state index in [0.717, 1.165) is 29.8 Å². The molecule has 102 valence electrons. The summed E-state index contributed by atoms with van der Waals surface area (Å²) in [6.45, 7) is 2.61. The van der Waals surface area contributed by atoms with E-state index < -0.39 is 0 Å². The minimum atomic E-state index is 0.626. The summed E-state index contributed by atoms with van der Waals surface area (Å²) in [5.41, 5.74) is 9.43. The third kappa shape index (κ3) is 3.76. The van der Waals surface area contributed by atoms with Gasteiger partial charge < -0.3 is 10.5 Å². The largest absolute Gasteiger partial charge is 0.493 e. The SMILES string of the molecule is Cc1ccc(C#N)cc1OCCCc1cccc(N)c1. The average molecular weight is 266 g/mol. The lowest BCUT2D eigenvalue weighted by Crippen LogP contribution is -2.01. The van der Waals surface area contributed by atoms with E-state index in [2.05, 4.69) is 12.1 Å². The monoisotopic (exact) mass is 266 g/mol. The number of nitrogens with zero attached hydrogens (tertiary/aromatic N) is 1. The molecular formula is C17H18N2O. The second-order valence-corrected chi connectivity index (χ2v) is 4.79. The van der Waals surface area contributed by atoms with E-state index in [4.69, 9.17) is 15.7 Å². The maximum Gasteiger partial charge on any atom is 0.123 e. The van der Waals surface area contributed by atoms with Gasteiger partial charge in [0, 0.05) is 5.69 Å². The van der Waals surface area contributed by atoms with Crippen molar-refractivity contribution in [3.05, 3.63) is 59.2 Å². The molecule has 3 heteroatoms. The second kappa shape index (κ2) is 6.63.